The summed E-state index contributed by atoms with van der Waals surface area (Å²) in [5.41, 5.74) is 8.33. The highest BCUT2D eigenvalue weighted by molar-refractivity contribution is 5.91. The molecule has 41 heavy (non-hydrogen) atoms. The molecule has 10 atom stereocenters. The Kier molecular flexibility index (Phi) is 8.03. The van der Waals surface area contributed by atoms with E-state index in [1.54, 1.807) is 0 Å². The highest BCUT2D eigenvalue weighted by Gasteiger charge is 2.58. The summed E-state index contributed by atoms with van der Waals surface area (Å²) in [6.07, 6.45) is 9.28. The molecule has 7 rings (SSSR count). The van der Waals surface area contributed by atoms with Gasteiger partial charge in [0.2, 0.25) is 0 Å². The minimum atomic E-state index is -1.19. The maximum Gasteiger partial charge on any atom is 0.167 e. The van der Waals surface area contributed by atoms with E-state index in [2.05, 4.69) is 28.8 Å². The van der Waals surface area contributed by atoms with Crippen molar-refractivity contribution in [2.75, 3.05) is 12.3 Å². The van der Waals surface area contributed by atoms with Crippen molar-refractivity contribution in [2.45, 2.75) is 95.9 Å². The van der Waals surface area contributed by atoms with E-state index in [1.807, 2.05) is 6.08 Å². The molecule has 1 aliphatic heterocycles. The van der Waals surface area contributed by atoms with Gasteiger partial charge in [-0.1, -0.05) is 19.4 Å². The lowest BCUT2D eigenvalue weighted by molar-refractivity contribution is -0.118. The van der Waals surface area contributed by atoms with Crippen LogP contribution in [0.4, 0.5) is 5.82 Å². The summed E-state index contributed by atoms with van der Waals surface area (Å²) in [6, 6.07) is 0. The number of rotatable bonds is 2. The van der Waals surface area contributed by atoms with Crippen LogP contribution in [0.2, 0.25) is 0 Å². The molecule has 0 unspecified atom stereocenters. The van der Waals surface area contributed by atoms with Crippen molar-refractivity contribution in [2.24, 2.45) is 28.6 Å². The first kappa shape index (κ1) is 30.0. The molecule has 0 amide bonds. The average molecular weight is 574 g/mol. The lowest BCUT2D eigenvalue weighted by atomic mass is 9.47. The quantitative estimate of drug-likeness (QED) is 0.345. The summed E-state index contributed by atoms with van der Waals surface area (Å²) < 4.78 is 6.85. The number of aliphatic hydroxyl groups excluding tert-OH is 4. The molecule has 8 N–H and O–H groups in total. The van der Waals surface area contributed by atoms with Gasteiger partial charge >= 0.3 is 0 Å². The fraction of sp³-hybridized carbons (Fsp3) is 0.724. The number of nitrogen functional groups attached to an aromatic ring is 1. The number of nitrogens with two attached hydrogens (primary N) is 1. The van der Waals surface area contributed by atoms with Gasteiger partial charge in [0.25, 0.3) is 0 Å². The second kappa shape index (κ2) is 11.0. The number of carbonyl (C=O) groups excluding carboxylic acids is 1. The lowest BCUT2D eigenvalue weighted by Gasteiger charge is -2.57. The lowest BCUT2D eigenvalue weighted by Crippen LogP contribution is -2.51. The molecule has 4 aliphatic carbocycles. The van der Waals surface area contributed by atoms with Crippen LogP contribution in [-0.4, -0.2) is 82.2 Å². The zero-order valence-electron chi connectivity index (χ0n) is 23.7. The molecule has 3 heterocycles. The number of anilines is 1. The van der Waals surface area contributed by atoms with Crippen molar-refractivity contribution in [3.8, 4) is 0 Å². The average Bonchev–Trinajstić information content (AvgIpc) is 3.59. The van der Waals surface area contributed by atoms with Gasteiger partial charge in [0.1, 0.15) is 30.2 Å². The first-order valence-corrected chi connectivity index (χ1v) is 14.6. The number of aliphatic hydroxyl groups is 4. The van der Waals surface area contributed by atoms with E-state index in [9.17, 15) is 20.1 Å². The molecule has 12 nitrogen and oxygen atoms in total. The molecule has 0 bridgehead atoms. The number of hydrogen-bond donors (Lipinski definition) is 5. The van der Waals surface area contributed by atoms with Crippen molar-refractivity contribution >= 4 is 22.8 Å². The molecule has 0 aromatic carbocycles. The summed E-state index contributed by atoms with van der Waals surface area (Å²) in [5, 5.41) is 39.2. The van der Waals surface area contributed by atoms with Crippen LogP contribution in [0.5, 0.6) is 0 Å². The fourth-order valence-corrected chi connectivity index (χ4v) is 8.70. The van der Waals surface area contributed by atoms with E-state index in [1.165, 1.54) is 48.5 Å². The standard InChI is InChI=1S/C19H28O2.C10H13N5O4.H2O/c1-18-9-7-13(20)11-12(18)3-4-14-15-5-6-17(21)19(15,2)10-8-16(14)18;11-8-5-9(13-2-12-8)15(3-14-5)10-7(18)6(17)4(1-16)19-10;/h11,14-17,21H,3-10H2,1-2H3;2-4,6-7,10,16-18H,1H2,(H2,11,12,13);1H2/t14-,15-,16-,17-,18-,19-;4-,6-,7+,10-;/m01./s1. The van der Waals surface area contributed by atoms with E-state index >= 15 is 0 Å². The third-order valence-corrected chi connectivity index (χ3v) is 11.1. The molecule has 0 spiro atoms. The largest absolute Gasteiger partial charge is 0.412 e. The predicted octanol–water partition coefficient (Wildman–Crippen LogP) is 1.07. The number of allylic oxidation sites excluding steroid dienone is 1. The first-order valence-electron chi connectivity index (χ1n) is 14.6. The molecule has 0 radical (unpaired) electrons. The minimum absolute atomic E-state index is 0. The summed E-state index contributed by atoms with van der Waals surface area (Å²) >= 11 is 0. The number of ether oxygens (including phenoxy) is 1. The van der Waals surface area contributed by atoms with Crippen molar-refractivity contribution < 1.29 is 35.4 Å². The number of nitrogens with zero attached hydrogens (tertiary/aromatic N) is 4. The van der Waals surface area contributed by atoms with Gasteiger partial charge in [-0.15, -0.1) is 0 Å². The maximum absolute atomic E-state index is 11.8. The Morgan fingerprint density at radius 1 is 1.02 bits per heavy atom. The van der Waals surface area contributed by atoms with E-state index in [0.717, 1.165) is 37.5 Å². The molecule has 3 saturated carbocycles. The molecule has 226 valence electrons. The zero-order chi connectivity index (χ0) is 28.4. The number of aromatic nitrogens is 4. The maximum atomic E-state index is 11.8. The molecule has 2 aromatic rings. The summed E-state index contributed by atoms with van der Waals surface area (Å²) in [6.45, 7) is 4.37. The Morgan fingerprint density at radius 2 is 1.80 bits per heavy atom. The topological polar surface area (TPSA) is 208 Å². The van der Waals surface area contributed by atoms with Gasteiger partial charge in [0.05, 0.1) is 19.0 Å². The van der Waals surface area contributed by atoms with E-state index in [0.29, 0.717) is 22.9 Å². The monoisotopic (exact) mass is 573 g/mol. The summed E-state index contributed by atoms with van der Waals surface area (Å²) in [7, 11) is 0. The number of fused-ring (bicyclic) bond motifs is 6. The van der Waals surface area contributed by atoms with E-state index in [4.69, 9.17) is 15.6 Å². The molecule has 12 heteroatoms. The molecular weight excluding hydrogens is 530 g/mol. The summed E-state index contributed by atoms with van der Waals surface area (Å²) in [4.78, 5) is 23.7. The van der Waals surface area contributed by atoms with Crippen molar-refractivity contribution in [3.63, 3.8) is 0 Å². The van der Waals surface area contributed by atoms with Crippen molar-refractivity contribution in [3.05, 3.63) is 24.3 Å². The Morgan fingerprint density at radius 3 is 2.54 bits per heavy atom. The van der Waals surface area contributed by atoms with Crippen LogP contribution in [0.15, 0.2) is 24.3 Å². The smallest absolute Gasteiger partial charge is 0.167 e. The molecule has 4 fully saturated rings. The summed E-state index contributed by atoms with van der Waals surface area (Å²) in [5.74, 6) is 2.79. The Bertz CT molecular complexity index is 1320. The van der Waals surface area contributed by atoms with Crippen molar-refractivity contribution in [1.82, 2.24) is 19.5 Å². The third kappa shape index (κ3) is 4.68. The highest BCUT2D eigenvalue weighted by Crippen LogP contribution is 2.65. The van der Waals surface area contributed by atoms with Crippen LogP contribution in [0.3, 0.4) is 0 Å². The Labute approximate surface area is 239 Å². The van der Waals surface area contributed by atoms with Gasteiger partial charge in [0.15, 0.2) is 23.5 Å². The molecular formula is C29H43N5O7. The highest BCUT2D eigenvalue weighted by atomic mass is 16.6. The van der Waals surface area contributed by atoms with Gasteiger partial charge in [-0.25, -0.2) is 15.0 Å². The number of hydrogen-bond acceptors (Lipinski definition) is 10. The fourth-order valence-electron chi connectivity index (χ4n) is 8.70. The zero-order valence-corrected chi connectivity index (χ0v) is 23.7. The van der Waals surface area contributed by atoms with E-state index < -0.39 is 31.1 Å². The van der Waals surface area contributed by atoms with Gasteiger partial charge < -0.3 is 36.4 Å². The van der Waals surface area contributed by atoms with Crippen molar-refractivity contribution in [1.29, 1.82) is 0 Å². The van der Waals surface area contributed by atoms with Gasteiger partial charge in [-0.2, -0.15) is 0 Å². The third-order valence-electron chi connectivity index (χ3n) is 11.1. The number of ketones is 1. The van der Waals surface area contributed by atoms with Crippen LogP contribution in [0.25, 0.3) is 11.2 Å². The van der Waals surface area contributed by atoms with E-state index in [-0.39, 0.29) is 28.2 Å². The second-order valence-electron chi connectivity index (χ2n) is 12.9. The Balaban J connectivity index is 0.000000162. The molecule has 1 saturated heterocycles. The second-order valence-corrected chi connectivity index (χ2v) is 12.9. The van der Waals surface area contributed by atoms with Crippen LogP contribution in [-0.2, 0) is 9.53 Å². The van der Waals surface area contributed by atoms with Crippen LogP contribution < -0.4 is 5.73 Å². The van der Waals surface area contributed by atoms with Crippen LogP contribution in [0.1, 0.15) is 71.4 Å². The number of imidazole rings is 1. The van der Waals surface area contributed by atoms with Gasteiger partial charge in [0, 0.05) is 6.42 Å². The first-order chi connectivity index (χ1) is 19.1. The number of carbonyl (C=O) groups is 1. The van der Waals surface area contributed by atoms with Crippen LogP contribution in [0, 0.1) is 28.6 Å². The molecule has 5 aliphatic rings. The van der Waals surface area contributed by atoms with Gasteiger partial charge in [-0.3, -0.25) is 9.36 Å². The minimum Gasteiger partial charge on any atom is -0.412 e. The SMILES string of the molecule is C[C@]12CC[C@H]3[C@@H](CCC4=CC(=O)CC[C@@]43C)[C@@H]1CC[C@@H]2O.Nc1ncnc2c1ncn2[C@@H]1O[C@H](CO)[C@@H](O)[C@@H]1O.O. The predicted molar refractivity (Wildman–Crippen MR) is 149 cm³/mol. The Hall–Kier alpha value is -2.48. The molecule has 2 aromatic heterocycles. The normalized spacial score (nSPS) is 41.4. The van der Waals surface area contributed by atoms with Crippen LogP contribution >= 0.6 is 0 Å². The van der Waals surface area contributed by atoms with Gasteiger partial charge in [-0.05, 0) is 79.6 Å².